The average Bonchev–Trinajstić information content (AvgIpc) is 2.56. The summed E-state index contributed by atoms with van der Waals surface area (Å²) in [5.74, 6) is 0.0668. The zero-order valence-electron chi connectivity index (χ0n) is 14.7. The normalized spacial score (nSPS) is 13.4. The minimum atomic E-state index is -0.287. The minimum absolute atomic E-state index is 0.00418. The van der Waals surface area contributed by atoms with Gasteiger partial charge >= 0.3 is 0 Å². The van der Waals surface area contributed by atoms with Crippen molar-refractivity contribution in [2.24, 2.45) is 0 Å². The van der Waals surface area contributed by atoms with Crippen molar-refractivity contribution in [2.75, 3.05) is 7.05 Å². The van der Waals surface area contributed by atoms with Gasteiger partial charge in [-0.1, -0.05) is 54.1 Å². The highest BCUT2D eigenvalue weighted by Crippen LogP contribution is 2.22. The summed E-state index contributed by atoms with van der Waals surface area (Å²) in [4.78, 5) is 14.4. The molecule has 2 unspecified atom stereocenters. The van der Waals surface area contributed by atoms with E-state index in [1.54, 1.807) is 4.90 Å². The number of aryl methyl sites for hydroxylation is 1. The maximum Gasteiger partial charge on any atom is 0.239 e. The van der Waals surface area contributed by atoms with E-state index in [-0.39, 0.29) is 18.0 Å². The number of carbonyl (C=O) groups excluding carboxylic acids is 1. The predicted octanol–water partition coefficient (Wildman–Crippen LogP) is 4.35. The fraction of sp³-hybridized carbons (Fsp3) is 0.350. The molecule has 0 fully saturated rings. The number of likely N-dealkylation sites (N-methyl/N-ethyl adjacent to an activating group) is 1. The van der Waals surface area contributed by atoms with Crippen LogP contribution < -0.4 is 5.32 Å². The number of amides is 1. The van der Waals surface area contributed by atoms with Crippen LogP contribution in [0.5, 0.6) is 0 Å². The van der Waals surface area contributed by atoms with Gasteiger partial charge in [0.1, 0.15) is 0 Å². The van der Waals surface area contributed by atoms with Crippen LogP contribution in [0.4, 0.5) is 0 Å². The number of nitrogens with zero attached hydrogens (tertiary/aromatic N) is 1. The molecule has 24 heavy (non-hydrogen) atoms. The fourth-order valence-electron chi connectivity index (χ4n) is 2.81. The second-order valence-electron chi connectivity index (χ2n) is 6.25. The average molecular weight is 345 g/mol. The van der Waals surface area contributed by atoms with E-state index in [0.29, 0.717) is 11.6 Å². The van der Waals surface area contributed by atoms with Crippen molar-refractivity contribution >= 4 is 17.5 Å². The number of halogens is 1. The SMILES string of the molecule is Cc1ccccc1CN(C)C(=O)C(C)NC(C)c1ccccc1Cl. The van der Waals surface area contributed by atoms with Crippen LogP contribution in [0.15, 0.2) is 48.5 Å². The van der Waals surface area contributed by atoms with E-state index in [2.05, 4.69) is 24.4 Å². The highest BCUT2D eigenvalue weighted by atomic mass is 35.5. The molecule has 128 valence electrons. The predicted molar refractivity (Wildman–Crippen MR) is 100 cm³/mol. The molecule has 2 aromatic rings. The maximum atomic E-state index is 12.6. The van der Waals surface area contributed by atoms with E-state index < -0.39 is 0 Å². The number of hydrogen-bond acceptors (Lipinski definition) is 2. The molecule has 0 aliphatic carbocycles. The van der Waals surface area contributed by atoms with Crippen LogP contribution in [0.25, 0.3) is 0 Å². The molecule has 1 amide bonds. The summed E-state index contributed by atoms with van der Waals surface area (Å²) < 4.78 is 0. The van der Waals surface area contributed by atoms with E-state index >= 15 is 0 Å². The number of carbonyl (C=O) groups is 1. The lowest BCUT2D eigenvalue weighted by Gasteiger charge is -2.26. The third kappa shape index (κ3) is 4.59. The standard InChI is InChI=1S/C20H25ClN2O/c1-14-9-5-6-10-17(14)13-23(4)20(24)16(3)22-15(2)18-11-7-8-12-19(18)21/h5-12,15-16,22H,13H2,1-4H3. The van der Waals surface area contributed by atoms with Gasteiger partial charge in [-0.05, 0) is 43.5 Å². The van der Waals surface area contributed by atoms with E-state index in [1.807, 2.05) is 57.3 Å². The summed E-state index contributed by atoms with van der Waals surface area (Å²) in [6.45, 7) is 6.59. The molecule has 2 rings (SSSR count). The van der Waals surface area contributed by atoms with Gasteiger partial charge in [-0.25, -0.2) is 0 Å². The molecule has 0 spiro atoms. The summed E-state index contributed by atoms with van der Waals surface area (Å²) in [5, 5.41) is 4.06. The highest BCUT2D eigenvalue weighted by molar-refractivity contribution is 6.31. The van der Waals surface area contributed by atoms with Crippen molar-refractivity contribution in [3.05, 3.63) is 70.2 Å². The molecule has 4 heteroatoms. The van der Waals surface area contributed by atoms with Crippen molar-refractivity contribution in [1.29, 1.82) is 0 Å². The molecule has 0 radical (unpaired) electrons. The van der Waals surface area contributed by atoms with Gasteiger partial charge in [0.15, 0.2) is 0 Å². The maximum absolute atomic E-state index is 12.6. The van der Waals surface area contributed by atoms with Gasteiger partial charge in [0, 0.05) is 24.7 Å². The second kappa shape index (κ2) is 8.32. The van der Waals surface area contributed by atoms with Crippen LogP contribution in [0, 0.1) is 6.92 Å². The zero-order chi connectivity index (χ0) is 17.7. The monoisotopic (exact) mass is 344 g/mol. The van der Waals surface area contributed by atoms with E-state index in [4.69, 9.17) is 11.6 Å². The van der Waals surface area contributed by atoms with Gasteiger partial charge < -0.3 is 4.90 Å². The molecule has 0 bridgehead atoms. The largest absolute Gasteiger partial charge is 0.340 e. The van der Waals surface area contributed by atoms with Crippen molar-refractivity contribution in [1.82, 2.24) is 10.2 Å². The number of benzene rings is 2. The molecule has 0 aromatic heterocycles. The Labute approximate surface area is 149 Å². The van der Waals surface area contributed by atoms with Gasteiger partial charge in [0.05, 0.1) is 6.04 Å². The lowest BCUT2D eigenvalue weighted by molar-refractivity contribution is -0.132. The summed E-state index contributed by atoms with van der Waals surface area (Å²) in [5.41, 5.74) is 3.36. The summed E-state index contributed by atoms with van der Waals surface area (Å²) in [6, 6.07) is 15.6. The molecule has 3 nitrogen and oxygen atoms in total. The molecular weight excluding hydrogens is 320 g/mol. The van der Waals surface area contributed by atoms with E-state index in [0.717, 1.165) is 5.56 Å². The van der Waals surface area contributed by atoms with E-state index in [9.17, 15) is 4.79 Å². The Kier molecular flexibility index (Phi) is 6.41. The quantitative estimate of drug-likeness (QED) is 0.845. The van der Waals surface area contributed by atoms with Gasteiger partial charge in [-0.3, -0.25) is 10.1 Å². The third-order valence-electron chi connectivity index (χ3n) is 4.29. The van der Waals surface area contributed by atoms with Crippen molar-refractivity contribution in [2.45, 2.75) is 39.4 Å². The Morgan fingerprint density at radius 2 is 1.75 bits per heavy atom. The number of hydrogen-bond donors (Lipinski definition) is 1. The number of rotatable bonds is 6. The molecule has 0 saturated heterocycles. The summed E-state index contributed by atoms with van der Waals surface area (Å²) >= 11 is 6.23. The lowest BCUT2D eigenvalue weighted by Crippen LogP contribution is -2.43. The molecule has 0 heterocycles. The van der Waals surface area contributed by atoms with E-state index in [1.165, 1.54) is 11.1 Å². The van der Waals surface area contributed by atoms with Crippen molar-refractivity contribution in [3.63, 3.8) is 0 Å². The molecular formula is C20H25ClN2O. The molecule has 1 N–H and O–H groups in total. The Balaban J connectivity index is 1.99. The Morgan fingerprint density at radius 3 is 2.42 bits per heavy atom. The van der Waals surface area contributed by atoms with Gasteiger partial charge in [-0.15, -0.1) is 0 Å². The smallest absolute Gasteiger partial charge is 0.239 e. The molecule has 2 atom stereocenters. The van der Waals surface area contributed by atoms with Gasteiger partial charge in [0.25, 0.3) is 0 Å². The first-order valence-corrected chi connectivity index (χ1v) is 8.58. The van der Waals surface area contributed by atoms with Crippen LogP contribution >= 0.6 is 11.6 Å². The van der Waals surface area contributed by atoms with Crippen LogP contribution in [-0.2, 0) is 11.3 Å². The zero-order valence-corrected chi connectivity index (χ0v) is 15.5. The van der Waals surface area contributed by atoms with Crippen LogP contribution in [0.3, 0.4) is 0 Å². The minimum Gasteiger partial charge on any atom is -0.340 e. The molecule has 0 saturated carbocycles. The first-order valence-electron chi connectivity index (χ1n) is 8.20. The van der Waals surface area contributed by atoms with Crippen molar-refractivity contribution < 1.29 is 4.79 Å². The Morgan fingerprint density at radius 1 is 1.12 bits per heavy atom. The van der Waals surface area contributed by atoms with Crippen LogP contribution in [0.1, 0.15) is 36.6 Å². The topological polar surface area (TPSA) is 32.3 Å². The molecule has 0 aliphatic rings. The highest BCUT2D eigenvalue weighted by Gasteiger charge is 2.21. The summed E-state index contributed by atoms with van der Waals surface area (Å²) in [6.07, 6.45) is 0. The Hall–Kier alpha value is -1.84. The number of nitrogens with one attached hydrogen (secondary N) is 1. The second-order valence-corrected chi connectivity index (χ2v) is 6.66. The van der Waals surface area contributed by atoms with Gasteiger partial charge in [-0.2, -0.15) is 0 Å². The van der Waals surface area contributed by atoms with Crippen LogP contribution in [0.2, 0.25) is 5.02 Å². The van der Waals surface area contributed by atoms with Crippen LogP contribution in [-0.4, -0.2) is 23.9 Å². The molecule has 2 aromatic carbocycles. The third-order valence-corrected chi connectivity index (χ3v) is 4.63. The lowest BCUT2D eigenvalue weighted by atomic mass is 10.1. The van der Waals surface area contributed by atoms with Gasteiger partial charge in [0.2, 0.25) is 5.91 Å². The Bertz CT molecular complexity index is 702. The first kappa shape index (κ1) is 18.5. The van der Waals surface area contributed by atoms with Crippen molar-refractivity contribution in [3.8, 4) is 0 Å². The molecule has 0 aliphatic heterocycles. The summed E-state index contributed by atoms with van der Waals surface area (Å²) in [7, 11) is 1.84. The fourth-order valence-corrected chi connectivity index (χ4v) is 3.11. The first-order chi connectivity index (χ1) is 11.4.